The summed E-state index contributed by atoms with van der Waals surface area (Å²) in [5, 5.41) is 26.6. The van der Waals surface area contributed by atoms with E-state index in [0.29, 0.717) is 28.1 Å². The van der Waals surface area contributed by atoms with Gasteiger partial charge in [0.15, 0.2) is 11.0 Å². The van der Waals surface area contributed by atoms with Gasteiger partial charge in [-0.25, -0.2) is 4.99 Å². The summed E-state index contributed by atoms with van der Waals surface area (Å²) in [6, 6.07) is 23.2. The van der Waals surface area contributed by atoms with Gasteiger partial charge in [-0.2, -0.15) is 5.26 Å². The predicted molar refractivity (Wildman–Crippen MR) is 115 cm³/mol. The van der Waals surface area contributed by atoms with Crippen LogP contribution in [0.4, 0.5) is 11.6 Å². The Morgan fingerprint density at radius 2 is 1.53 bits per heavy atom. The molecule has 2 aliphatic heterocycles. The molecule has 6 nitrogen and oxygen atoms in total. The summed E-state index contributed by atoms with van der Waals surface area (Å²) < 4.78 is 1.72. The smallest absolute Gasteiger partial charge is 0.169 e. The molecule has 0 saturated carbocycles. The van der Waals surface area contributed by atoms with Crippen molar-refractivity contribution in [3.63, 3.8) is 0 Å². The van der Waals surface area contributed by atoms with Gasteiger partial charge < -0.3 is 10.7 Å². The molecule has 6 rings (SSSR count). The van der Waals surface area contributed by atoms with Crippen LogP contribution in [-0.2, 0) is 0 Å². The first-order valence-corrected chi connectivity index (χ1v) is 9.50. The molecule has 4 aromatic rings. The van der Waals surface area contributed by atoms with Gasteiger partial charge in [0.05, 0.1) is 17.0 Å². The van der Waals surface area contributed by atoms with E-state index in [0.717, 1.165) is 32.3 Å². The first-order valence-electron chi connectivity index (χ1n) is 9.50. The van der Waals surface area contributed by atoms with Crippen molar-refractivity contribution >= 4 is 44.0 Å². The lowest BCUT2D eigenvalue weighted by Crippen LogP contribution is -2.46. The molecule has 0 amide bonds. The lowest BCUT2D eigenvalue weighted by atomic mass is 10.1. The maximum absolute atomic E-state index is 11.1. The molecule has 0 unspecified atom stereocenters. The Bertz CT molecular complexity index is 1840. The summed E-state index contributed by atoms with van der Waals surface area (Å²) in [6.45, 7) is 0. The topological polar surface area (TPSA) is 106 Å². The number of nitrogen functional groups attached to an aromatic ring is 1. The molecule has 3 heterocycles. The maximum Gasteiger partial charge on any atom is 0.169 e. The van der Waals surface area contributed by atoms with Gasteiger partial charge >= 0.3 is 0 Å². The summed E-state index contributed by atoms with van der Waals surface area (Å²) in [6.07, 6.45) is 0. The number of anilines is 1. The molecule has 140 valence electrons. The van der Waals surface area contributed by atoms with Gasteiger partial charge in [-0.15, -0.1) is 5.41 Å². The van der Waals surface area contributed by atoms with Crippen LogP contribution in [0.1, 0.15) is 5.56 Å². The molecule has 0 atom stereocenters. The van der Waals surface area contributed by atoms with Crippen LogP contribution in [-0.4, -0.2) is 4.98 Å². The highest BCUT2D eigenvalue weighted by Crippen LogP contribution is 2.30. The minimum atomic E-state index is 0.100. The van der Waals surface area contributed by atoms with Gasteiger partial charge in [0, 0.05) is 32.3 Å². The number of rotatable bonds is 1. The zero-order valence-electron chi connectivity index (χ0n) is 15.7. The summed E-state index contributed by atoms with van der Waals surface area (Å²) in [5.41, 5.74) is 7.25. The number of fused-ring (bicyclic) bond motifs is 5. The number of nitrogens with zero attached hydrogens (tertiary/aromatic N) is 4. The van der Waals surface area contributed by atoms with Crippen molar-refractivity contribution in [3.8, 4) is 6.07 Å². The van der Waals surface area contributed by atoms with Crippen molar-refractivity contribution in [1.29, 1.82) is 5.26 Å². The van der Waals surface area contributed by atoms with E-state index in [2.05, 4.69) is 11.1 Å². The molecular weight excluding hydrogens is 372 g/mol. The van der Waals surface area contributed by atoms with Crippen LogP contribution in [0.5, 0.6) is 0 Å². The monoisotopic (exact) mass is 386 g/mol. The first kappa shape index (κ1) is 16.5. The molecule has 6 heteroatoms. The third-order valence-electron chi connectivity index (χ3n) is 5.68. The molecule has 1 aromatic heterocycles. The standard InChI is InChI=1S/C24H13N6/c25-12-13-6-5-11-18-19(13)24(29-23-17-10-4-2-8-15(17)21(26)28-23)30-20(18)14-7-1-3-9-16(14)22(30)27/h1-11H,(H2-,26,27,28,29)/q-1/p+1. The number of aromatic amines is 1. The lowest BCUT2D eigenvalue weighted by molar-refractivity contribution is -0.534. The van der Waals surface area contributed by atoms with Crippen LogP contribution in [0.2, 0.25) is 0 Å². The predicted octanol–water partition coefficient (Wildman–Crippen LogP) is 3.03. The fraction of sp³-hybridized carbons (Fsp3) is 0. The van der Waals surface area contributed by atoms with E-state index >= 15 is 0 Å². The molecule has 0 bridgehead atoms. The molecule has 30 heavy (non-hydrogen) atoms. The summed E-state index contributed by atoms with van der Waals surface area (Å²) in [4.78, 5) is 8.03. The second-order valence-electron chi connectivity index (χ2n) is 7.26. The van der Waals surface area contributed by atoms with Crippen LogP contribution >= 0.6 is 0 Å². The average Bonchev–Trinajstić information content (AvgIpc) is 3.38. The quantitative estimate of drug-likeness (QED) is 0.424. The highest BCUT2D eigenvalue weighted by atomic mass is 15.0. The van der Waals surface area contributed by atoms with E-state index in [1.165, 1.54) is 0 Å². The van der Waals surface area contributed by atoms with Crippen LogP contribution in [0, 0.1) is 16.7 Å². The van der Waals surface area contributed by atoms with Crippen LogP contribution < -0.4 is 21.0 Å². The Morgan fingerprint density at radius 3 is 2.30 bits per heavy atom. The third kappa shape index (κ3) is 1.98. The Hall–Kier alpha value is -4.50. The van der Waals surface area contributed by atoms with Crippen molar-refractivity contribution in [1.82, 2.24) is 4.98 Å². The average molecular weight is 386 g/mol. The van der Waals surface area contributed by atoms with Gasteiger partial charge in [-0.1, -0.05) is 60.7 Å². The molecule has 0 spiro atoms. The minimum Gasteiger partial charge on any atom is -0.385 e. The van der Waals surface area contributed by atoms with E-state index < -0.39 is 0 Å². The van der Waals surface area contributed by atoms with Crippen LogP contribution in [0.25, 0.3) is 37.7 Å². The second kappa shape index (κ2) is 5.75. The summed E-state index contributed by atoms with van der Waals surface area (Å²) in [5.74, 6) is 1.11. The lowest BCUT2D eigenvalue weighted by Gasteiger charge is -1.96. The number of hydrogen-bond acceptors (Lipinski definition) is 3. The third-order valence-corrected chi connectivity index (χ3v) is 5.68. The molecule has 0 fully saturated rings. The summed E-state index contributed by atoms with van der Waals surface area (Å²) >= 11 is 0. The van der Waals surface area contributed by atoms with E-state index in [1.807, 2.05) is 60.7 Å². The van der Waals surface area contributed by atoms with Crippen molar-refractivity contribution < 1.29 is 4.24 Å². The first-order chi connectivity index (χ1) is 14.7. The van der Waals surface area contributed by atoms with E-state index in [9.17, 15) is 10.7 Å². The van der Waals surface area contributed by atoms with Crippen LogP contribution in [0.3, 0.4) is 0 Å². The molecule has 3 N–H and O–H groups in total. The molecule has 0 saturated heterocycles. The van der Waals surface area contributed by atoms with Crippen molar-refractivity contribution in [2.75, 3.05) is 5.73 Å². The normalized spacial score (nSPS) is 12.4. The highest BCUT2D eigenvalue weighted by molar-refractivity contribution is 6.00. The Labute approximate surface area is 169 Å². The number of nitrogens with one attached hydrogen (secondary N) is 1. The SMILES string of the molecule is N#Cc1cccc2c3c4ccccc4c(=[N-])[n+]=3/c(=N\c3[nH]c(N)c4ccccc34)c12. The summed E-state index contributed by atoms with van der Waals surface area (Å²) in [7, 11) is 0. The van der Waals surface area contributed by atoms with Gasteiger partial charge in [-0.3, -0.25) is 4.24 Å². The number of hydrogen-bond donors (Lipinski definition) is 2. The number of nitrogens with two attached hydrogens (primary N) is 1. The fourth-order valence-electron chi connectivity index (χ4n) is 4.39. The molecule has 3 aromatic carbocycles. The fourth-order valence-corrected chi connectivity index (χ4v) is 4.39. The maximum atomic E-state index is 11.1. The molecule has 2 aliphatic rings. The van der Waals surface area contributed by atoms with Gasteiger partial charge in [0.1, 0.15) is 11.6 Å². The molecular formula is C24H14N6. The van der Waals surface area contributed by atoms with E-state index in [1.54, 1.807) is 10.3 Å². The van der Waals surface area contributed by atoms with Gasteiger partial charge in [-0.05, 0) is 6.07 Å². The largest absolute Gasteiger partial charge is 0.385 e. The highest BCUT2D eigenvalue weighted by Gasteiger charge is 2.16. The Kier molecular flexibility index (Phi) is 3.15. The zero-order chi connectivity index (χ0) is 20.4. The molecule has 0 radical (unpaired) electrons. The van der Waals surface area contributed by atoms with Gasteiger partial charge in [0.25, 0.3) is 0 Å². The van der Waals surface area contributed by atoms with E-state index in [-0.39, 0.29) is 5.49 Å². The van der Waals surface area contributed by atoms with E-state index in [4.69, 9.17) is 10.7 Å². The number of benzene rings is 3. The van der Waals surface area contributed by atoms with Crippen molar-refractivity contribution in [3.05, 3.63) is 94.0 Å². The zero-order valence-corrected chi connectivity index (χ0v) is 15.7. The van der Waals surface area contributed by atoms with Crippen molar-refractivity contribution in [2.45, 2.75) is 0 Å². The second-order valence-corrected chi connectivity index (χ2v) is 7.26. The number of aromatic nitrogens is 2. The Morgan fingerprint density at radius 1 is 0.867 bits per heavy atom. The number of H-pyrrole nitrogens is 1. The Balaban J connectivity index is 1.93. The van der Waals surface area contributed by atoms with Crippen LogP contribution in [0.15, 0.2) is 71.7 Å². The molecule has 0 aliphatic carbocycles. The number of nitriles is 1. The van der Waals surface area contributed by atoms with Crippen molar-refractivity contribution in [2.24, 2.45) is 4.99 Å². The minimum absolute atomic E-state index is 0.100. The van der Waals surface area contributed by atoms with Gasteiger partial charge in [0.2, 0.25) is 0 Å².